The van der Waals surface area contributed by atoms with Crippen molar-refractivity contribution in [2.24, 2.45) is 11.8 Å². The van der Waals surface area contributed by atoms with Crippen LogP contribution in [-0.4, -0.2) is 49.6 Å². The third kappa shape index (κ3) is 5.06. The van der Waals surface area contributed by atoms with Gasteiger partial charge in [-0.1, -0.05) is 12.1 Å². The van der Waals surface area contributed by atoms with Crippen LogP contribution in [0.2, 0.25) is 0 Å². The van der Waals surface area contributed by atoms with E-state index >= 15 is 0 Å². The first kappa shape index (κ1) is 19.5. The zero-order chi connectivity index (χ0) is 16.9. The van der Waals surface area contributed by atoms with Crippen molar-refractivity contribution in [2.45, 2.75) is 12.8 Å². The molecule has 0 spiro atoms. The van der Waals surface area contributed by atoms with Crippen molar-refractivity contribution in [1.82, 2.24) is 15.5 Å². The number of para-hydroxylation sites is 1. The van der Waals surface area contributed by atoms with Gasteiger partial charge in [-0.25, -0.2) is 9.18 Å². The summed E-state index contributed by atoms with van der Waals surface area (Å²) in [6.07, 6.45) is 1.55. The third-order valence-corrected chi connectivity index (χ3v) is 4.63. The highest BCUT2D eigenvalue weighted by Gasteiger charge is 2.29. The van der Waals surface area contributed by atoms with Gasteiger partial charge in [0.1, 0.15) is 5.82 Å². The van der Waals surface area contributed by atoms with Gasteiger partial charge in [0.15, 0.2) is 0 Å². The molecule has 0 aliphatic carbocycles. The molecule has 2 fully saturated rings. The largest absolute Gasteiger partial charge is 0.355 e. The zero-order valence-corrected chi connectivity index (χ0v) is 14.8. The molecule has 6 nitrogen and oxygen atoms in total. The van der Waals surface area contributed by atoms with Gasteiger partial charge < -0.3 is 20.9 Å². The molecule has 1 aromatic rings. The summed E-state index contributed by atoms with van der Waals surface area (Å²) in [6.45, 7) is 3.53. The van der Waals surface area contributed by atoms with E-state index in [2.05, 4.69) is 16.0 Å². The predicted octanol–water partition coefficient (Wildman–Crippen LogP) is 1.83. The normalized spacial score (nSPS) is 20.2. The minimum Gasteiger partial charge on any atom is -0.355 e. The van der Waals surface area contributed by atoms with E-state index in [-0.39, 0.29) is 36.0 Å². The number of rotatable bonds is 4. The highest BCUT2D eigenvalue weighted by molar-refractivity contribution is 5.90. The second-order valence-electron chi connectivity index (χ2n) is 6.46. The molecule has 0 saturated carbocycles. The van der Waals surface area contributed by atoms with Crippen LogP contribution in [0.5, 0.6) is 0 Å². The smallest absolute Gasteiger partial charge is 0.321 e. The van der Waals surface area contributed by atoms with Gasteiger partial charge in [0.05, 0.1) is 11.6 Å². The Morgan fingerprint density at radius 3 is 2.72 bits per heavy atom. The van der Waals surface area contributed by atoms with Crippen LogP contribution >= 0.6 is 12.4 Å². The number of amides is 3. The van der Waals surface area contributed by atoms with Crippen molar-refractivity contribution >= 4 is 30.0 Å². The van der Waals surface area contributed by atoms with Gasteiger partial charge in [-0.3, -0.25) is 4.79 Å². The summed E-state index contributed by atoms with van der Waals surface area (Å²) in [6, 6.07) is 5.70. The van der Waals surface area contributed by atoms with Crippen LogP contribution in [0.3, 0.4) is 0 Å². The minimum absolute atomic E-state index is 0. The molecule has 1 atom stereocenters. The molecular formula is C17H24ClFN4O2. The van der Waals surface area contributed by atoms with Crippen LogP contribution < -0.4 is 16.0 Å². The number of hydrogen-bond acceptors (Lipinski definition) is 3. The van der Waals surface area contributed by atoms with Gasteiger partial charge in [0.2, 0.25) is 5.91 Å². The Kier molecular flexibility index (Phi) is 7.01. The lowest BCUT2D eigenvalue weighted by Crippen LogP contribution is -2.51. The van der Waals surface area contributed by atoms with E-state index in [0.717, 1.165) is 25.9 Å². The fraction of sp³-hybridized carbons (Fsp3) is 0.529. The molecule has 2 aliphatic rings. The standard InChI is InChI=1S/C17H23FN4O2.ClH/c18-14-5-1-2-6-15(14)21-17(24)22-7-3-4-13(11-22)16(23)20-10-12-8-19-9-12;/h1-2,5-6,12-13,19H,3-4,7-11H2,(H,20,23)(H,21,24);1H. The molecule has 1 unspecified atom stereocenters. The molecule has 3 N–H and O–H groups in total. The van der Waals surface area contributed by atoms with Crippen LogP contribution in [0.15, 0.2) is 24.3 Å². The number of nitrogens with one attached hydrogen (secondary N) is 3. The van der Waals surface area contributed by atoms with Gasteiger partial charge in [-0.05, 0) is 25.0 Å². The number of likely N-dealkylation sites (tertiary alicyclic amines) is 1. The monoisotopic (exact) mass is 370 g/mol. The summed E-state index contributed by atoms with van der Waals surface area (Å²) in [5.41, 5.74) is 0.159. The summed E-state index contributed by atoms with van der Waals surface area (Å²) in [5.74, 6) is -0.146. The van der Waals surface area contributed by atoms with Crippen LogP contribution in [-0.2, 0) is 4.79 Å². The average Bonchev–Trinajstić information content (AvgIpc) is 2.55. The van der Waals surface area contributed by atoms with Crippen molar-refractivity contribution in [3.63, 3.8) is 0 Å². The fourth-order valence-electron chi connectivity index (χ4n) is 3.01. The maximum atomic E-state index is 13.6. The fourth-order valence-corrected chi connectivity index (χ4v) is 3.01. The summed E-state index contributed by atoms with van der Waals surface area (Å²) in [7, 11) is 0. The molecule has 1 aromatic carbocycles. The predicted molar refractivity (Wildman–Crippen MR) is 96.3 cm³/mol. The first-order valence-corrected chi connectivity index (χ1v) is 8.42. The summed E-state index contributed by atoms with van der Waals surface area (Å²) >= 11 is 0. The lowest BCUT2D eigenvalue weighted by molar-refractivity contribution is -0.126. The Morgan fingerprint density at radius 1 is 1.28 bits per heavy atom. The molecule has 0 aromatic heterocycles. The number of carbonyl (C=O) groups excluding carboxylic acids is 2. The number of halogens is 2. The Labute approximate surface area is 152 Å². The van der Waals surface area contributed by atoms with Crippen molar-refractivity contribution in [2.75, 3.05) is 38.0 Å². The lowest BCUT2D eigenvalue weighted by atomic mass is 9.96. The quantitative estimate of drug-likeness (QED) is 0.757. The lowest BCUT2D eigenvalue weighted by Gasteiger charge is -2.33. The molecular weight excluding hydrogens is 347 g/mol. The van der Waals surface area contributed by atoms with Crippen LogP contribution in [0.25, 0.3) is 0 Å². The first-order chi connectivity index (χ1) is 11.6. The Bertz CT molecular complexity index is 612. The number of nitrogens with zero attached hydrogens (tertiary/aromatic N) is 1. The first-order valence-electron chi connectivity index (χ1n) is 8.42. The van der Waals surface area contributed by atoms with E-state index in [4.69, 9.17) is 0 Å². The second-order valence-corrected chi connectivity index (χ2v) is 6.46. The Balaban J connectivity index is 0.00000225. The van der Waals surface area contributed by atoms with Gasteiger partial charge in [0.25, 0.3) is 0 Å². The molecule has 2 saturated heterocycles. The molecule has 3 amide bonds. The maximum Gasteiger partial charge on any atom is 0.321 e. The topological polar surface area (TPSA) is 73.5 Å². The molecule has 2 heterocycles. The Hall–Kier alpha value is -1.86. The maximum absolute atomic E-state index is 13.6. The molecule has 3 rings (SSSR count). The summed E-state index contributed by atoms with van der Waals surface area (Å²) < 4.78 is 13.6. The number of hydrogen-bond donors (Lipinski definition) is 3. The number of carbonyl (C=O) groups is 2. The second kappa shape index (κ2) is 9.01. The van der Waals surface area contributed by atoms with E-state index in [1.54, 1.807) is 17.0 Å². The van der Waals surface area contributed by atoms with Gasteiger partial charge in [0, 0.05) is 38.6 Å². The number of urea groups is 1. The molecule has 0 bridgehead atoms. The third-order valence-electron chi connectivity index (χ3n) is 4.63. The number of benzene rings is 1. The van der Waals surface area contributed by atoms with Crippen molar-refractivity contribution < 1.29 is 14.0 Å². The van der Waals surface area contributed by atoms with E-state index in [1.807, 2.05) is 0 Å². The summed E-state index contributed by atoms with van der Waals surface area (Å²) in [5, 5.41) is 8.73. The van der Waals surface area contributed by atoms with Crippen molar-refractivity contribution in [3.05, 3.63) is 30.1 Å². The van der Waals surface area contributed by atoms with E-state index < -0.39 is 5.82 Å². The molecule has 0 radical (unpaired) electrons. The number of piperidine rings is 1. The minimum atomic E-state index is -0.466. The molecule has 25 heavy (non-hydrogen) atoms. The Morgan fingerprint density at radius 2 is 2.04 bits per heavy atom. The molecule has 138 valence electrons. The SMILES string of the molecule is Cl.O=C(NCC1CNC1)C1CCCN(C(=O)Nc2ccccc2F)C1. The van der Waals surface area contributed by atoms with E-state index in [0.29, 0.717) is 25.6 Å². The van der Waals surface area contributed by atoms with Gasteiger partial charge >= 0.3 is 6.03 Å². The van der Waals surface area contributed by atoms with Gasteiger partial charge in [-0.2, -0.15) is 0 Å². The highest BCUT2D eigenvalue weighted by atomic mass is 35.5. The highest BCUT2D eigenvalue weighted by Crippen LogP contribution is 2.19. The van der Waals surface area contributed by atoms with E-state index in [9.17, 15) is 14.0 Å². The van der Waals surface area contributed by atoms with E-state index in [1.165, 1.54) is 12.1 Å². The van der Waals surface area contributed by atoms with Crippen LogP contribution in [0.4, 0.5) is 14.9 Å². The molecule has 8 heteroatoms. The number of anilines is 1. The average molecular weight is 371 g/mol. The van der Waals surface area contributed by atoms with Gasteiger partial charge in [-0.15, -0.1) is 12.4 Å². The van der Waals surface area contributed by atoms with Crippen molar-refractivity contribution in [1.29, 1.82) is 0 Å². The zero-order valence-electron chi connectivity index (χ0n) is 14.0. The van der Waals surface area contributed by atoms with Crippen molar-refractivity contribution in [3.8, 4) is 0 Å². The molecule has 2 aliphatic heterocycles. The summed E-state index contributed by atoms with van der Waals surface area (Å²) in [4.78, 5) is 26.2. The van der Waals surface area contributed by atoms with Crippen LogP contribution in [0, 0.1) is 17.7 Å². The van der Waals surface area contributed by atoms with Crippen LogP contribution in [0.1, 0.15) is 12.8 Å².